The first-order chi connectivity index (χ1) is 10.0. The number of urea groups is 1. The van der Waals surface area contributed by atoms with Gasteiger partial charge in [0.25, 0.3) is 0 Å². The lowest BCUT2D eigenvalue weighted by Gasteiger charge is -2.34. The number of amides is 2. The molecular weight excluding hydrogens is 275 g/mol. The summed E-state index contributed by atoms with van der Waals surface area (Å²) in [4.78, 5) is 25.3. The average Bonchev–Trinajstić information content (AvgIpc) is 2.87. The van der Waals surface area contributed by atoms with E-state index in [0.717, 1.165) is 0 Å². The summed E-state index contributed by atoms with van der Waals surface area (Å²) >= 11 is 0. The summed E-state index contributed by atoms with van der Waals surface area (Å²) in [6.07, 6.45) is 2.13. The highest BCUT2D eigenvalue weighted by atomic mass is 19.1. The lowest BCUT2D eigenvalue weighted by atomic mass is 9.91. The van der Waals surface area contributed by atoms with Gasteiger partial charge in [-0.15, -0.1) is 0 Å². The quantitative estimate of drug-likeness (QED) is 0.896. The second kappa shape index (κ2) is 6.11. The zero-order valence-corrected chi connectivity index (χ0v) is 11.9. The van der Waals surface area contributed by atoms with Crippen LogP contribution < -0.4 is 5.32 Å². The fraction of sp³-hybridized carbons (Fsp3) is 0.467. The molecule has 5 nitrogen and oxygen atoms in total. The highest BCUT2D eigenvalue weighted by molar-refractivity contribution is 5.94. The lowest BCUT2D eigenvalue weighted by molar-refractivity contribution is -0.148. The summed E-state index contributed by atoms with van der Waals surface area (Å²) in [5.41, 5.74) is -1.12. The van der Waals surface area contributed by atoms with E-state index in [0.29, 0.717) is 32.2 Å². The number of hydrogen-bond donors (Lipinski definition) is 2. The summed E-state index contributed by atoms with van der Waals surface area (Å²) in [6.45, 7) is 2.25. The molecule has 1 saturated heterocycles. The molecule has 1 aliphatic rings. The van der Waals surface area contributed by atoms with E-state index in [-0.39, 0.29) is 5.69 Å². The van der Waals surface area contributed by atoms with Gasteiger partial charge < -0.3 is 15.3 Å². The van der Waals surface area contributed by atoms with Gasteiger partial charge in [-0.3, -0.25) is 0 Å². The van der Waals surface area contributed by atoms with Crippen LogP contribution >= 0.6 is 0 Å². The molecule has 2 N–H and O–H groups in total. The third kappa shape index (κ3) is 2.84. The number of benzene rings is 1. The maximum atomic E-state index is 13.6. The van der Waals surface area contributed by atoms with Gasteiger partial charge in [-0.05, 0) is 31.4 Å². The molecule has 1 fully saturated rings. The molecule has 1 heterocycles. The Kier molecular flexibility index (Phi) is 4.45. The Bertz CT molecular complexity index is 549. The molecule has 21 heavy (non-hydrogen) atoms. The predicted molar refractivity (Wildman–Crippen MR) is 76.6 cm³/mol. The van der Waals surface area contributed by atoms with Gasteiger partial charge in [0.1, 0.15) is 11.4 Å². The monoisotopic (exact) mass is 294 g/mol. The number of anilines is 1. The Morgan fingerprint density at radius 1 is 1.43 bits per heavy atom. The van der Waals surface area contributed by atoms with Crippen molar-refractivity contribution in [2.75, 3.05) is 11.9 Å². The molecule has 0 aromatic heterocycles. The molecule has 114 valence electrons. The van der Waals surface area contributed by atoms with Crippen molar-refractivity contribution in [3.63, 3.8) is 0 Å². The fourth-order valence-corrected chi connectivity index (χ4v) is 2.92. The van der Waals surface area contributed by atoms with Crippen LogP contribution in [0.5, 0.6) is 0 Å². The van der Waals surface area contributed by atoms with Crippen molar-refractivity contribution in [1.29, 1.82) is 0 Å². The molecule has 1 aromatic carbocycles. The average molecular weight is 294 g/mol. The summed E-state index contributed by atoms with van der Waals surface area (Å²) in [5, 5.41) is 12.0. The van der Waals surface area contributed by atoms with E-state index in [9.17, 15) is 19.1 Å². The zero-order valence-electron chi connectivity index (χ0n) is 11.9. The van der Waals surface area contributed by atoms with Crippen LogP contribution in [0, 0.1) is 5.82 Å². The molecule has 0 saturated carbocycles. The van der Waals surface area contributed by atoms with Gasteiger partial charge in [-0.25, -0.2) is 14.0 Å². The number of likely N-dealkylation sites (tertiary alicyclic amines) is 1. The first-order valence-electron chi connectivity index (χ1n) is 7.08. The van der Waals surface area contributed by atoms with Crippen LogP contribution in [0.15, 0.2) is 24.3 Å². The number of nitrogens with one attached hydrogen (secondary N) is 1. The van der Waals surface area contributed by atoms with Gasteiger partial charge in [0.15, 0.2) is 0 Å². The second-order valence-electron chi connectivity index (χ2n) is 5.25. The van der Waals surface area contributed by atoms with Gasteiger partial charge in [0.05, 0.1) is 5.69 Å². The molecule has 0 spiro atoms. The number of carboxylic acid groups (broad SMARTS) is 1. The van der Waals surface area contributed by atoms with Crippen molar-refractivity contribution in [2.45, 2.75) is 38.1 Å². The van der Waals surface area contributed by atoms with Crippen molar-refractivity contribution >= 4 is 17.7 Å². The van der Waals surface area contributed by atoms with E-state index in [1.54, 1.807) is 6.07 Å². The molecule has 0 bridgehead atoms. The van der Waals surface area contributed by atoms with E-state index in [1.165, 1.54) is 23.1 Å². The standard InChI is InChI=1S/C15H19FN2O3/c1-2-8-15(13(19)20)9-5-10-18(15)14(21)17-12-7-4-3-6-11(12)16/h3-4,6-7H,2,5,8-10H2,1H3,(H,17,21)(H,19,20). The van der Waals surface area contributed by atoms with Crippen LogP contribution in [0.1, 0.15) is 32.6 Å². The Balaban J connectivity index is 2.21. The van der Waals surface area contributed by atoms with Gasteiger partial charge in [-0.2, -0.15) is 0 Å². The van der Waals surface area contributed by atoms with Gasteiger partial charge >= 0.3 is 12.0 Å². The highest BCUT2D eigenvalue weighted by Crippen LogP contribution is 2.34. The number of halogens is 1. The Labute approximate surface area is 122 Å². The van der Waals surface area contributed by atoms with Crippen molar-refractivity contribution in [3.8, 4) is 0 Å². The lowest BCUT2D eigenvalue weighted by Crippen LogP contribution is -2.54. The maximum absolute atomic E-state index is 13.6. The normalized spacial score (nSPS) is 21.3. The van der Waals surface area contributed by atoms with E-state index in [4.69, 9.17) is 0 Å². The van der Waals surface area contributed by atoms with Gasteiger partial charge in [0, 0.05) is 6.54 Å². The topological polar surface area (TPSA) is 69.6 Å². The van der Waals surface area contributed by atoms with E-state index in [1.807, 2.05) is 6.92 Å². The SMILES string of the molecule is CCCC1(C(=O)O)CCCN1C(=O)Nc1ccccc1F. The van der Waals surface area contributed by atoms with Crippen LogP contribution in [0.3, 0.4) is 0 Å². The molecule has 1 atom stereocenters. The first kappa shape index (κ1) is 15.3. The van der Waals surface area contributed by atoms with Gasteiger partial charge in [-0.1, -0.05) is 25.5 Å². The molecule has 1 aliphatic heterocycles. The minimum atomic E-state index is -1.18. The summed E-state index contributed by atoms with van der Waals surface area (Å²) < 4.78 is 13.6. The Hall–Kier alpha value is -2.11. The fourth-order valence-electron chi connectivity index (χ4n) is 2.92. The van der Waals surface area contributed by atoms with E-state index in [2.05, 4.69) is 5.32 Å². The smallest absolute Gasteiger partial charge is 0.329 e. The number of nitrogens with zero attached hydrogens (tertiary/aromatic N) is 1. The molecule has 2 amide bonds. The van der Waals surface area contributed by atoms with E-state index < -0.39 is 23.4 Å². The van der Waals surface area contributed by atoms with Crippen molar-refractivity contribution < 1.29 is 19.1 Å². The van der Waals surface area contributed by atoms with E-state index >= 15 is 0 Å². The van der Waals surface area contributed by atoms with Crippen molar-refractivity contribution in [2.24, 2.45) is 0 Å². The molecular formula is C15H19FN2O3. The predicted octanol–water partition coefficient (Wildman–Crippen LogP) is 3.08. The summed E-state index contributed by atoms with van der Waals surface area (Å²) in [7, 11) is 0. The van der Waals surface area contributed by atoms with Crippen LogP contribution in [0.25, 0.3) is 0 Å². The highest BCUT2D eigenvalue weighted by Gasteiger charge is 2.49. The second-order valence-corrected chi connectivity index (χ2v) is 5.25. The third-order valence-corrected chi connectivity index (χ3v) is 3.91. The number of rotatable bonds is 4. The van der Waals surface area contributed by atoms with Crippen LogP contribution in [0.4, 0.5) is 14.9 Å². The minimum Gasteiger partial charge on any atom is -0.479 e. The number of para-hydroxylation sites is 1. The molecule has 1 aromatic rings. The number of carbonyl (C=O) groups excluding carboxylic acids is 1. The van der Waals surface area contributed by atoms with Crippen LogP contribution in [-0.2, 0) is 4.79 Å². The van der Waals surface area contributed by atoms with Crippen LogP contribution in [0.2, 0.25) is 0 Å². The van der Waals surface area contributed by atoms with Gasteiger partial charge in [0.2, 0.25) is 0 Å². The minimum absolute atomic E-state index is 0.0604. The van der Waals surface area contributed by atoms with Crippen LogP contribution in [-0.4, -0.2) is 34.1 Å². The summed E-state index contributed by atoms with van der Waals surface area (Å²) in [6, 6.07) is 5.27. The number of aliphatic carboxylic acids is 1. The third-order valence-electron chi connectivity index (χ3n) is 3.91. The number of carboxylic acids is 1. The molecule has 2 rings (SSSR count). The molecule has 0 radical (unpaired) electrons. The molecule has 1 unspecified atom stereocenters. The molecule has 6 heteroatoms. The first-order valence-corrected chi connectivity index (χ1v) is 7.08. The Morgan fingerprint density at radius 2 is 2.14 bits per heavy atom. The number of hydrogen-bond acceptors (Lipinski definition) is 2. The number of carbonyl (C=O) groups is 2. The maximum Gasteiger partial charge on any atom is 0.329 e. The zero-order chi connectivity index (χ0) is 15.5. The molecule has 0 aliphatic carbocycles. The van der Waals surface area contributed by atoms with Crippen molar-refractivity contribution in [1.82, 2.24) is 4.90 Å². The summed E-state index contributed by atoms with van der Waals surface area (Å²) in [5.74, 6) is -1.54. The van der Waals surface area contributed by atoms with Crippen molar-refractivity contribution in [3.05, 3.63) is 30.1 Å². The Morgan fingerprint density at radius 3 is 2.76 bits per heavy atom. The largest absolute Gasteiger partial charge is 0.479 e.